The van der Waals surface area contributed by atoms with Gasteiger partial charge in [-0.05, 0) is 53.2 Å². The molecule has 0 aliphatic rings. The van der Waals surface area contributed by atoms with Crippen LogP contribution < -0.4 is 10.9 Å². The molecule has 1 aromatic rings. The van der Waals surface area contributed by atoms with Crippen LogP contribution in [0.1, 0.15) is 49.3 Å². The Morgan fingerprint density at radius 2 is 1.79 bits per heavy atom. The van der Waals surface area contributed by atoms with Crippen molar-refractivity contribution < 1.29 is 9.90 Å². The molecule has 1 aromatic heterocycles. The van der Waals surface area contributed by atoms with E-state index in [2.05, 4.69) is 10.3 Å². The van der Waals surface area contributed by atoms with Crippen molar-refractivity contribution in [3.8, 4) is 0 Å². The van der Waals surface area contributed by atoms with Gasteiger partial charge < -0.3 is 15.4 Å². The molecule has 5 heteroatoms. The van der Waals surface area contributed by atoms with Gasteiger partial charge in [-0.25, -0.2) is 0 Å². The summed E-state index contributed by atoms with van der Waals surface area (Å²) in [6.45, 7) is 10.1. The molecule has 0 saturated heterocycles. The van der Waals surface area contributed by atoms with Gasteiger partial charge in [-0.1, -0.05) is 0 Å². The molecule has 0 aliphatic carbocycles. The van der Waals surface area contributed by atoms with Gasteiger partial charge in [0.2, 0.25) is 0 Å². The quantitative estimate of drug-likeness (QED) is 0.770. The summed E-state index contributed by atoms with van der Waals surface area (Å²) >= 11 is 0. The first-order chi connectivity index (χ1) is 8.45. The second-order valence-corrected chi connectivity index (χ2v) is 5.98. The lowest BCUT2D eigenvalue weighted by Crippen LogP contribution is -2.58. The normalized spacial score (nSPS) is 12.4. The van der Waals surface area contributed by atoms with Crippen molar-refractivity contribution in [2.24, 2.45) is 0 Å². The Morgan fingerprint density at radius 3 is 2.21 bits per heavy atom. The molecule has 0 saturated carbocycles. The van der Waals surface area contributed by atoms with E-state index in [0.717, 1.165) is 0 Å². The molecule has 0 radical (unpaired) electrons. The number of hydrogen-bond donors (Lipinski definition) is 3. The summed E-state index contributed by atoms with van der Waals surface area (Å²) in [5, 5.41) is 12.7. The molecule has 0 aromatic carbocycles. The van der Waals surface area contributed by atoms with Crippen LogP contribution in [0.3, 0.4) is 0 Å². The Kier molecular flexibility index (Phi) is 3.91. The first kappa shape index (κ1) is 15.4. The van der Waals surface area contributed by atoms with Crippen LogP contribution in [0.4, 0.5) is 0 Å². The number of aliphatic hydroxyl groups is 1. The van der Waals surface area contributed by atoms with Crippen molar-refractivity contribution in [3.63, 3.8) is 0 Å². The summed E-state index contributed by atoms with van der Waals surface area (Å²) in [5.74, 6) is -0.481. The Bertz CT molecular complexity index is 551. The zero-order valence-electron chi connectivity index (χ0n) is 12.3. The second-order valence-electron chi connectivity index (χ2n) is 5.98. The van der Waals surface area contributed by atoms with E-state index in [0.29, 0.717) is 11.3 Å². The summed E-state index contributed by atoms with van der Waals surface area (Å²) < 4.78 is 0. The van der Waals surface area contributed by atoms with Gasteiger partial charge in [-0.2, -0.15) is 0 Å². The summed E-state index contributed by atoms with van der Waals surface area (Å²) in [6.07, 6.45) is 0. The van der Waals surface area contributed by atoms with Gasteiger partial charge >= 0.3 is 0 Å². The third kappa shape index (κ3) is 3.23. The number of carbonyl (C=O) groups excluding carboxylic acids is 1. The Hall–Kier alpha value is -1.62. The minimum atomic E-state index is -1.10. The minimum Gasteiger partial charge on any atom is -0.388 e. The van der Waals surface area contributed by atoms with Crippen molar-refractivity contribution in [1.29, 1.82) is 0 Å². The standard InChI is InChI=1S/C14H22N2O3/c1-8-7-9(2)15-11(17)10(8)12(18)16-13(3,4)14(5,6)19/h7,19H,1-6H3,(H,15,17)(H,16,18). The molecular weight excluding hydrogens is 244 g/mol. The molecule has 5 nitrogen and oxygen atoms in total. The van der Waals surface area contributed by atoms with Crippen LogP contribution in [0.5, 0.6) is 0 Å². The molecule has 0 bridgehead atoms. The van der Waals surface area contributed by atoms with E-state index >= 15 is 0 Å². The van der Waals surface area contributed by atoms with Crippen molar-refractivity contribution in [2.75, 3.05) is 0 Å². The van der Waals surface area contributed by atoms with Crippen molar-refractivity contribution in [2.45, 2.75) is 52.7 Å². The molecule has 0 spiro atoms. The summed E-state index contributed by atoms with van der Waals surface area (Å²) in [6, 6.07) is 1.74. The summed E-state index contributed by atoms with van der Waals surface area (Å²) in [5.41, 5.74) is -0.961. The Morgan fingerprint density at radius 1 is 1.26 bits per heavy atom. The third-order valence-electron chi connectivity index (χ3n) is 3.55. The van der Waals surface area contributed by atoms with E-state index in [-0.39, 0.29) is 5.56 Å². The molecule has 3 N–H and O–H groups in total. The molecule has 1 amide bonds. The van der Waals surface area contributed by atoms with Crippen LogP contribution in [0.25, 0.3) is 0 Å². The molecule has 106 valence electrons. The lowest BCUT2D eigenvalue weighted by molar-refractivity contribution is -0.00297. The topological polar surface area (TPSA) is 82.2 Å². The number of aromatic amines is 1. The highest BCUT2D eigenvalue weighted by Gasteiger charge is 2.37. The van der Waals surface area contributed by atoms with Gasteiger partial charge in [0.15, 0.2) is 0 Å². The first-order valence-corrected chi connectivity index (χ1v) is 6.21. The van der Waals surface area contributed by atoms with Crippen LogP contribution in [-0.2, 0) is 0 Å². The van der Waals surface area contributed by atoms with Crippen LogP contribution in [0.2, 0.25) is 0 Å². The predicted molar refractivity (Wildman–Crippen MR) is 74.4 cm³/mol. The first-order valence-electron chi connectivity index (χ1n) is 6.21. The van der Waals surface area contributed by atoms with Gasteiger partial charge in [0.1, 0.15) is 5.56 Å². The minimum absolute atomic E-state index is 0.0860. The smallest absolute Gasteiger partial charge is 0.261 e. The number of amides is 1. The fourth-order valence-corrected chi connectivity index (χ4v) is 1.64. The van der Waals surface area contributed by atoms with Gasteiger partial charge in [0, 0.05) is 5.69 Å². The number of pyridine rings is 1. The predicted octanol–water partition coefficient (Wildman–Crippen LogP) is 1.27. The van der Waals surface area contributed by atoms with E-state index in [1.807, 2.05) is 0 Å². The highest BCUT2D eigenvalue weighted by molar-refractivity contribution is 5.95. The van der Waals surface area contributed by atoms with Crippen LogP contribution in [-0.4, -0.2) is 27.1 Å². The monoisotopic (exact) mass is 266 g/mol. The molecule has 0 atom stereocenters. The molecule has 0 fully saturated rings. The highest BCUT2D eigenvalue weighted by atomic mass is 16.3. The largest absolute Gasteiger partial charge is 0.388 e. The maximum atomic E-state index is 12.2. The van der Waals surface area contributed by atoms with Crippen molar-refractivity contribution >= 4 is 5.91 Å². The van der Waals surface area contributed by atoms with Crippen molar-refractivity contribution in [3.05, 3.63) is 33.2 Å². The lowest BCUT2D eigenvalue weighted by Gasteiger charge is -2.38. The van der Waals surface area contributed by atoms with Gasteiger partial charge in [0.05, 0.1) is 11.1 Å². The Balaban J connectivity index is 3.14. The van der Waals surface area contributed by atoms with E-state index in [9.17, 15) is 14.7 Å². The molecule has 1 rings (SSSR count). The maximum absolute atomic E-state index is 12.2. The number of carbonyl (C=O) groups is 1. The summed E-state index contributed by atoms with van der Waals surface area (Å²) in [7, 11) is 0. The van der Waals surface area contributed by atoms with Gasteiger partial charge in [-0.3, -0.25) is 9.59 Å². The van der Waals surface area contributed by atoms with Crippen molar-refractivity contribution in [1.82, 2.24) is 10.3 Å². The average Bonchev–Trinajstić information content (AvgIpc) is 2.12. The van der Waals surface area contributed by atoms with Crippen LogP contribution in [0.15, 0.2) is 10.9 Å². The molecule has 19 heavy (non-hydrogen) atoms. The number of hydrogen-bond acceptors (Lipinski definition) is 3. The van der Waals surface area contributed by atoms with Gasteiger partial charge in [-0.15, -0.1) is 0 Å². The highest BCUT2D eigenvalue weighted by Crippen LogP contribution is 2.21. The van der Waals surface area contributed by atoms with Crippen LogP contribution in [0, 0.1) is 13.8 Å². The van der Waals surface area contributed by atoms with E-state index < -0.39 is 22.6 Å². The molecule has 0 aliphatic heterocycles. The van der Waals surface area contributed by atoms with Gasteiger partial charge in [0.25, 0.3) is 11.5 Å². The lowest BCUT2D eigenvalue weighted by atomic mass is 9.85. The number of nitrogens with one attached hydrogen (secondary N) is 2. The number of aromatic nitrogens is 1. The second kappa shape index (κ2) is 4.81. The molecule has 0 unspecified atom stereocenters. The zero-order valence-corrected chi connectivity index (χ0v) is 12.3. The fourth-order valence-electron chi connectivity index (χ4n) is 1.64. The molecule has 1 heterocycles. The number of rotatable bonds is 3. The fraction of sp³-hybridized carbons (Fsp3) is 0.571. The van der Waals surface area contributed by atoms with Crippen LogP contribution >= 0.6 is 0 Å². The Labute approximate surface area is 113 Å². The average molecular weight is 266 g/mol. The third-order valence-corrected chi connectivity index (χ3v) is 3.55. The summed E-state index contributed by atoms with van der Waals surface area (Å²) in [4.78, 5) is 26.7. The van der Waals surface area contributed by atoms with E-state index in [1.165, 1.54) is 0 Å². The van der Waals surface area contributed by atoms with E-state index in [4.69, 9.17) is 0 Å². The van der Waals surface area contributed by atoms with E-state index in [1.54, 1.807) is 47.6 Å². The molecular formula is C14H22N2O3. The zero-order chi connectivity index (χ0) is 15.0. The maximum Gasteiger partial charge on any atom is 0.261 e. The SMILES string of the molecule is Cc1cc(C)c(C(=O)NC(C)(C)C(C)(C)O)c(=O)[nH]1. The number of H-pyrrole nitrogens is 1. The number of aryl methyl sites for hydroxylation is 2.